The predicted octanol–water partition coefficient (Wildman–Crippen LogP) is 2.57. The van der Waals surface area contributed by atoms with E-state index < -0.39 is 0 Å². The zero-order chi connectivity index (χ0) is 18.0. The summed E-state index contributed by atoms with van der Waals surface area (Å²) in [4.78, 5) is 9.92. The molecule has 25 heavy (non-hydrogen) atoms. The van der Waals surface area contributed by atoms with Crippen molar-refractivity contribution < 1.29 is 4.74 Å². The predicted molar refractivity (Wildman–Crippen MR) is 104 cm³/mol. The second-order valence-electron chi connectivity index (χ2n) is 8.45. The smallest absolute Gasteiger partial charge is 0.194 e. The standard InChI is InChI=1S/C20H38N4O/c1-6-21-19(24-12-11-15(14-24)23(7-2)8-3)22-17-16-10-9-13-25-18(16)20(17,4)5/h15-18H,6-14H2,1-5H3,(H,21,22). The molecule has 1 N–H and O–H groups in total. The molecule has 0 bridgehead atoms. The van der Waals surface area contributed by atoms with Gasteiger partial charge in [0.25, 0.3) is 0 Å². The van der Waals surface area contributed by atoms with Gasteiger partial charge in [-0.15, -0.1) is 0 Å². The van der Waals surface area contributed by atoms with Crippen LogP contribution >= 0.6 is 0 Å². The van der Waals surface area contributed by atoms with Crippen molar-refractivity contribution in [3.63, 3.8) is 0 Å². The van der Waals surface area contributed by atoms with E-state index >= 15 is 0 Å². The number of nitrogens with one attached hydrogen (secondary N) is 1. The Labute approximate surface area is 154 Å². The molecule has 3 fully saturated rings. The molecule has 2 aliphatic heterocycles. The highest BCUT2D eigenvalue weighted by atomic mass is 16.5. The average molecular weight is 351 g/mol. The summed E-state index contributed by atoms with van der Waals surface area (Å²) in [5.41, 5.74) is 0.192. The highest BCUT2D eigenvalue weighted by Crippen LogP contribution is 2.51. The molecular weight excluding hydrogens is 312 g/mol. The van der Waals surface area contributed by atoms with E-state index in [-0.39, 0.29) is 5.41 Å². The van der Waals surface area contributed by atoms with Crippen LogP contribution in [0.3, 0.4) is 0 Å². The van der Waals surface area contributed by atoms with Crippen molar-refractivity contribution in [2.75, 3.05) is 39.3 Å². The van der Waals surface area contributed by atoms with Crippen molar-refractivity contribution in [2.24, 2.45) is 16.3 Å². The third-order valence-corrected chi connectivity index (χ3v) is 6.72. The Morgan fingerprint density at radius 3 is 2.68 bits per heavy atom. The molecular formula is C20H38N4O. The minimum absolute atomic E-state index is 0.192. The first-order valence-corrected chi connectivity index (χ1v) is 10.4. The van der Waals surface area contributed by atoms with Gasteiger partial charge < -0.3 is 15.0 Å². The van der Waals surface area contributed by atoms with Gasteiger partial charge in [0.2, 0.25) is 0 Å². The van der Waals surface area contributed by atoms with Crippen LogP contribution in [0.15, 0.2) is 4.99 Å². The molecule has 5 heteroatoms. The molecule has 0 amide bonds. The number of likely N-dealkylation sites (tertiary alicyclic amines) is 1. The van der Waals surface area contributed by atoms with E-state index in [0.29, 0.717) is 24.1 Å². The Morgan fingerprint density at radius 1 is 1.24 bits per heavy atom. The largest absolute Gasteiger partial charge is 0.377 e. The van der Waals surface area contributed by atoms with Crippen LogP contribution in [0.4, 0.5) is 0 Å². The molecule has 0 spiro atoms. The first kappa shape index (κ1) is 19.0. The van der Waals surface area contributed by atoms with E-state index in [2.05, 4.69) is 49.7 Å². The van der Waals surface area contributed by atoms with E-state index in [1.807, 2.05) is 0 Å². The fourth-order valence-corrected chi connectivity index (χ4v) is 5.31. The van der Waals surface area contributed by atoms with Crippen LogP contribution in [0.2, 0.25) is 0 Å². The van der Waals surface area contributed by atoms with Crippen LogP contribution in [0, 0.1) is 11.3 Å². The number of rotatable bonds is 5. The van der Waals surface area contributed by atoms with Crippen LogP contribution in [0.5, 0.6) is 0 Å². The summed E-state index contributed by atoms with van der Waals surface area (Å²) in [6, 6.07) is 1.15. The molecule has 2 heterocycles. The fourth-order valence-electron chi connectivity index (χ4n) is 5.31. The zero-order valence-electron chi connectivity index (χ0n) is 16.9. The van der Waals surface area contributed by atoms with Crippen molar-refractivity contribution >= 4 is 5.96 Å². The molecule has 5 nitrogen and oxygen atoms in total. The number of guanidine groups is 1. The van der Waals surface area contributed by atoms with Gasteiger partial charge in [0.1, 0.15) is 0 Å². The zero-order valence-corrected chi connectivity index (χ0v) is 16.9. The van der Waals surface area contributed by atoms with Crippen LogP contribution in [-0.2, 0) is 4.74 Å². The molecule has 0 aromatic rings. The highest BCUT2D eigenvalue weighted by Gasteiger charge is 2.58. The van der Waals surface area contributed by atoms with E-state index in [9.17, 15) is 0 Å². The van der Waals surface area contributed by atoms with Crippen LogP contribution < -0.4 is 5.32 Å². The van der Waals surface area contributed by atoms with Crippen molar-refractivity contribution in [3.05, 3.63) is 0 Å². The Morgan fingerprint density at radius 2 is 2.00 bits per heavy atom. The normalized spacial score (nSPS) is 34.8. The number of aliphatic imine (C=N–C) groups is 1. The minimum Gasteiger partial charge on any atom is -0.377 e. The van der Waals surface area contributed by atoms with Gasteiger partial charge in [-0.1, -0.05) is 27.7 Å². The number of likely N-dealkylation sites (N-methyl/N-ethyl adjacent to an activating group) is 1. The summed E-state index contributed by atoms with van der Waals surface area (Å²) in [5, 5.41) is 3.86. The summed E-state index contributed by atoms with van der Waals surface area (Å²) in [7, 11) is 0. The molecule has 0 aromatic carbocycles. The summed E-state index contributed by atoms with van der Waals surface area (Å²) in [6.45, 7) is 17.6. The van der Waals surface area contributed by atoms with Crippen LogP contribution in [-0.4, -0.2) is 73.3 Å². The highest BCUT2D eigenvalue weighted by molar-refractivity contribution is 5.81. The van der Waals surface area contributed by atoms with Crippen LogP contribution in [0.1, 0.15) is 53.9 Å². The lowest BCUT2D eigenvalue weighted by molar-refractivity contribution is -0.188. The molecule has 3 rings (SSSR count). The summed E-state index contributed by atoms with van der Waals surface area (Å²) in [5.74, 6) is 1.77. The van der Waals surface area contributed by atoms with Crippen molar-refractivity contribution in [3.8, 4) is 0 Å². The number of hydrogen-bond donors (Lipinski definition) is 1. The summed E-state index contributed by atoms with van der Waals surface area (Å²) in [6.07, 6.45) is 4.15. The molecule has 4 atom stereocenters. The quantitative estimate of drug-likeness (QED) is 0.611. The van der Waals surface area contributed by atoms with E-state index in [0.717, 1.165) is 45.3 Å². The van der Waals surface area contributed by atoms with Crippen molar-refractivity contribution in [2.45, 2.75) is 72.1 Å². The topological polar surface area (TPSA) is 40.1 Å². The van der Waals surface area contributed by atoms with E-state index in [1.54, 1.807) is 0 Å². The monoisotopic (exact) mass is 350 g/mol. The van der Waals surface area contributed by atoms with E-state index in [4.69, 9.17) is 9.73 Å². The number of fused-ring (bicyclic) bond motifs is 1. The first-order chi connectivity index (χ1) is 12.0. The average Bonchev–Trinajstić information content (AvgIpc) is 3.09. The summed E-state index contributed by atoms with van der Waals surface area (Å²) < 4.78 is 6.07. The molecule has 0 radical (unpaired) electrons. The van der Waals surface area contributed by atoms with Gasteiger partial charge in [-0.05, 0) is 39.3 Å². The number of nitrogens with zero attached hydrogens (tertiary/aromatic N) is 3. The second kappa shape index (κ2) is 7.83. The van der Waals surface area contributed by atoms with Gasteiger partial charge in [-0.25, -0.2) is 0 Å². The van der Waals surface area contributed by atoms with Gasteiger partial charge in [0.15, 0.2) is 5.96 Å². The number of ether oxygens (including phenoxy) is 1. The molecule has 1 saturated carbocycles. The molecule has 3 aliphatic rings. The van der Waals surface area contributed by atoms with Gasteiger partial charge >= 0.3 is 0 Å². The maximum Gasteiger partial charge on any atom is 0.194 e. The third-order valence-electron chi connectivity index (χ3n) is 6.72. The van der Waals surface area contributed by atoms with Gasteiger partial charge in [0.05, 0.1) is 6.10 Å². The van der Waals surface area contributed by atoms with Crippen molar-refractivity contribution in [1.29, 1.82) is 0 Å². The lowest BCUT2D eigenvalue weighted by Crippen LogP contribution is -2.71. The van der Waals surface area contributed by atoms with Crippen LogP contribution in [0.25, 0.3) is 0 Å². The lowest BCUT2D eigenvalue weighted by Gasteiger charge is -2.60. The molecule has 144 valence electrons. The number of hydrogen-bond acceptors (Lipinski definition) is 3. The van der Waals surface area contributed by atoms with Gasteiger partial charge in [0, 0.05) is 49.7 Å². The summed E-state index contributed by atoms with van der Waals surface area (Å²) >= 11 is 0. The van der Waals surface area contributed by atoms with Gasteiger partial charge in [-0.2, -0.15) is 0 Å². The first-order valence-electron chi connectivity index (χ1n) is 10.4. The Hall–Kier alpha value is -0.810. The SMILES string of the molecule is CCN=C(NC1C2CCCOC2C1(C)C)N1CCC(N(CC)CC)C1. The Balaban J connectivity index is 1.65. The van der Waals surface area contributed by atoms with Gasteiger partial charge in [-0.3, -0.25) is 9.89 Å². The molecule has 2 saturated heterocycles. The molecule has 0 aromatic heterocycles. The van der Waals surface area contributed by atoms with E-state index in [1.165, 1.54) is 19.3 Å². The second-order valence-corrected chi connectivity index (χ2v) is 8.45. The maximum atomic E-state index is 6.07. The third kappa shape index (κ3) is 3.55. The Kier molecular flexibility index (Phi) is 5.94. The molecule has 4 unspecified atom stereocenters. The Bertz CT molecular complexity index is 474. The maximum absolute atomic E-state index is 6.07. The minimum atomic E-state index is 0.192. The van der Waals surface area contributed by atoms with Crippen molar-refractivity contribution in [1.82, 2.24) is 15.1 Å². The fraction of sp³-hybridized carbons (Fsp3) is 0.950. The molecule has 1 aliphatic carbocycles. The lowest BCUT2D eigenvalue weighted by atomic mass is 9.55.